The fraction of sp³-hybridized carbons (Fsp3) is 0.533. The van der Waals surface area contributed by atoms with Gasteiger partial charge in [0.2, 0.25) is 0 Å². The summed E-state index contributed by atoms with van der Waals surface area (Å²) in [6, 6.07) is 6.19. The molecular formula is C15H20O. The maximum absolute atomic E-state index is 11.4. The van der Waals surface area contributed by atoms with Gasteiger partial charge in [0.15, 0.2) is 5.78 Å². The molecule has 0 unspecified atom stereocenters. The lowest BCUT2D eigenvalue weighted by molar-refractivity contribution is 0.101. The van der Waals surface area contributed by atoms with Crippen molar-refractivity contribution in [3.05, 3.63) is 34.9 Å². The number of benzene rings is 1. The summed E-state index contributed by atoms with van der Waals surface area (Å²) in [7, 11) is 0. The van der Waals surface area contributed by atoms with Gasteiger partial charge < -0.3 is 0 Å². The van der Waals surface area contributed by atoms with Crippen LogP contribution in [0.2, 0.25) is 0 Å². The Hall–Kier alpha value is -1.11. The zero-order valence-corrected chi connectivity index (χ0v) is 10.8. The first-order valence-corrected chi connectivity index (χ1v) is 5.90. The first-order valence-electron chi connectivity index (χ1n) is 5.90. The van der Waals surface area contributed by atoms with Crippen molar-refractivity contribution in [3.8, 4) is 0 Å². The second-order valence-electron chi connectivity index (χ2n) is 6.26. The van der Waals surface area contributed by atoms with Crippen LogP contribution in [0.15, 0.2) is 18.2 Å². The molecule has 1 aliphatic rings. The second-order valence-corrected chi connectivity index (χ2v) is 6.26. The van der Waals surface area contributed by atoms with Crippen LogP contribution in [-0.2, 0) is 10.8 Å². The quantitative estimate of drug-likeness (QED) is 0.652. The Morgan fingerprint density at radius 1 is 1.06 bits per heavy atom. The first-order chi connectivity index (χ1) is 7.24. The molecular weight excluding hydrogens is 196 g/mol. The summed E-state index contributed by atoms with van der Waals surface area (Å²) >= 11 is 0. The van der Waals surface area contributed by atoms with E-state index in [1.165, 1.54) is 11.1 Å². The molecule has 0 bridgehead atoms. The molecule has 0 N–H and O–H groups in total. The lowest BCUT2D eigenvalue weighted by Gasteiger charge is -2.22. The topological polar surface area (TPSA) is 17.1 Å². The Balaban J connectivity index is 2.63. The summed E-state index contributed by atoms with van der Waals surface area (Å²) in [5.41, 5.74) is 4.01. The van der Waals surface area contributed by atoms with Gasteiger partial charge in [0.25, 0.3) is 0 Å². The van der Waals surface area contributed by atoms with Crippen molar-refractivity contribution in [2.75, 3.05) is 0 Å². The van der Waals surface area contributed by atoms with Crippen LogP contribution in [0, 0.1) is 0 Å². The molecule has 0 aromatic heterocycles. The number of hydrogen-bond donors (Lipinski definition) is 0. The van der Waals surface area contributed by atoms with Gasteiger partial charge in [0, 0.05) is 5.56 Å². The van der Waals surface area contributed by atoms with Crippen molar-refractivity contribution in [1.29, 1.82) is 0 Å². The number of ketones is 1. The lowest BCUT2D eigenvalue weighted by atomic mass is 9.82. The molecule has 16 heavy (non-hydrogen) atoms. The average molecular weight is 216 g/mol. The molecule has 0 radical (unpaired) electrons. The highest BCUT2D eigenvalue weighted by Gasteiger charge is 2.41. The zero-order valence-electron chi connectivity index (χ0n) is 10.8. The van der Waals surface area contributed by atoms with Crippen LogP contribution in [-0.4, -0.2) is 5.78 Å². The molecule has 0 saturated carbocycles. The maximum atomic E-state index is 11.4. The van der Waals surface area contributed by atoms with Crippen molar-refractivity contribution in [2.45, 2.75) is 51.9 Å². The molecule has 1 heteroatoms. The van der Waals surface area contributed by atoms with E-state index in [0.717, 1.165) is 12.0 Å². The number of rotatable bonds is 1. The van der Waals surface area contributed by atoms with Crippen LogP contribution in [0.1, 0.15) is 62.5 Å². The van der Waals surface area contributed by atoms with Crippen LogP contribution in [0.3, 0.4) is 0 Å². The fourth-order valence-corrected chi connectivity index (χ4v) is 3.21. The highest BCUT2D eigenvalue weighted by Crippen LogP contribution is 2.49. The lowest BCUT2D eigenvalue weighted by Crippen LogP contribution is -2.18. The number of fused-ring (bicyclic) bond motifs is 1. The van der Waals surface area contributed by atoms with E-state index < -0.39 is 0 Å². The molecule has 0 spiro atoms. The Bertz CT molecular complexity index is 453. The maximum Gasteiger partial charge on any atom is 0.159 e. The summed E-state index contributed by atoms with van der Waals surface area (Å²) in [6.45, 7) is 10.7. The monoisotopic (exact) mass is 216 g/mol. The molecule has 0 amide bonds. The van der Waals surface area contributed by atoms with Gasteiger partial charge in [0.05, 0.1) is 0 Å². The van der Waals surface area contributed by atoms with Crippen LogP contribution in [0.25, 0.3) is 0 Å². The molecule has 86 valence electrons. The molecule has 0 fully saturated rings. The minimum absolute atomic E-state index is 0.156. The zero-order chi connectivity index (χ0) is 12.1. The average Bonchev–Trinajstić information content (AvgIpc) is 2.32. The van der Waals surface area contributed by atoms with E-state index in [1.807, 2.05) is 6.07 Å². The van der Waals surface area contributed by atoms with Gasteiger partial charge in [-0.3, -0.25) is 4.79 Å². The predicted molar refractivity (Wildman–Crippen MR) is 67.1 cm³/mol. The molecule has 1 nitrogen and oxygen atoms in total. The Kier molecular flexibility index (Phi) is 2.27. The third kappa shape index (κ3) is 1.59. The SMILES string of the molecule is CC(=O)c1ccc2c(c1)C(C)(C)CC2(C)C. The highest BCUT2D eigenvalue weighted by molar-refractivity contribution is 5.94. The summed E-state index contributed by atoms with van der Waals surface area (Å²) in [4.78, 5) is 11.4. The van der Waals surface area contributed by atoms with E-state index in [2.05, 4.69) is 39.8 Å². The molecule has 0 saturated heterocycles. The standard InChI is InChI=1S/C15H20O/c1-10(16)11-6-7-12-13(8-11)15(4,5)9-14(12,2)3/h6-8H,9H2,1-5H3. The first kappa shape index (κ1) is 11.4. The molecule has 1 aliphatic carbocycles. The number of Topliss-reactive ketones (excluding diaryl/α,β-unsaturated/α-hetero) is 1. The van der Waals surface area contributed by atoms with Crippen LogP contribution in [0.4, 0.5) is 0 Å². The van der Waals surface area contributed by atoms with Gasteiger partial charge >= 0.3 is 0 Å². The highest BCUT2D eigenvalue weighted by atomic mass is 16.1. The van der Waals surface area contributed by atoms with Crippen molar-refractivity contribution in [3.63, 3.8) is 0 Å². The Morgan fingerprint density at radius 3 is 2.19 bits per heavy atom. The minimum atomic E-state index is 0.156. The molecule has 0 aliphatic heterocycles. The molecule has 0 atom stereocenters. The van der Waals surface area contributed by atoms with Crippen molar-refractivity contribution >= 4 is 5.78 Å². The van der Waals surface area contributed by atoms with Crippen molar-refractivity contribution in [1.82, 2.24) is 0 Å². The largest absolute Gasteiger partial charge is 0.295 e. The normalized spacial score (nSPS) is 20.6. The molecule has 1 aromatic rings. The Morgan fingerprint density at radius 2 is 1.62 bits per heavy atom. The van der Waals surface area contributed by atoms with Gasteiger partial charge in [-0.15, -0.1) is 0 Å². The molecule has 1 aromatic carbocycles. The van der Waals surface area contributed by atoms with E-state index in [1.54, 1.807) is 6.92 Å². The van der Waals surface area contributed by atoms with Gasteiger partial charge in [-0.25, -0.2) is 0 Å². The summed E-state index contributed by atoms with van der Waals surface area (Å²) in [5, 5.41) is 0. The summed E-state index contributed by atoms with van der Waals surface area (Å²) < 4.78 is 0. The van der Waals surface area contributed by atoms with E-state index in [-0.39, 0.29) is 16.6 Å². The third-order valence-electron chi connectivity index (χ3n) is 3.77. The van der Waals surface area contributed by atoms with Crippen LogP contribution < -0.4 is 0 Å². The fourth-order valence-electron chi connectivity index (χ4n) is 3.21. The third-order valence-corrected chi connectivity index (χ3v) is 3.77. The van der Waals surface area contributed by atoms with Crippen molar-refractivity contribution in [2.24, 2.45) is 0 Å². The second kappa shape index (κ2) is 3.19. The van der Waals surface area contributed by atoms with Crippen LogP contribution in [0.5, 0.6) is 0 Å². The van der Waals surface area contributed by atoms with Gasteiger partial charge in [-0.1, -0.05) is 39.8 Å². The van der Waals surface area contributed by atoms with Gasteiger partial charge in [0.1, 0.15) is 0 Å². The van der Waals surface area contributed by atoms with Crippen LogP contribution >= 0.6 is 0 Å². The predicted octanol–water partition coefficient (Wildman–Crippen LogP) is 3.85. The van der Waals surface area contributed by atoms with Crippen molar-refractivity contribution < 1.29 is 4.79 Å². The molecule has 0 heterocycles. The summed E-state index contributed by atoms with van der Waals surface area (Å²) in [6.07, 6.45) is 1.15. The van der Waals surface area contributed by atoms with Gasteiger partial charge in [-0.05, 0) is 41.4 Å². The van der Waals surface area contributed by atoms with E-state index >= 15 is 0 Å². The number of carbonyl (C=O) groups excluding carboxylic acids is 1. The minimum Gasteiger partial charge on any atom is -0.295 e. The van der Waals surface area contributed by atoms with E-state index in [4.69, 9.17) is 0 Å². The van der Waals surface area contributed by atoms with Gasteiger partial charge in [-0.2, -0.15) is 0 Å². The smallest absolute Gasteiger partial charge is 0.159 e. The number of hydrogen-bond acceptors (Lipinski definition) is 1. The number of carbonyl (C=O) groups is 1. The van der Waals surface area contributed by atoms with E-state index in [9.17, 15) is 4.79 Å². The molecule has 2 rings (SSSR count). The van der Waals surface area contributed by atoms with E-state index in [0.29, 0.717) is 0 Å². The summed E-state index contributed by atoms with van der Waals surface area (Å²) in [5.74, 6) is 0.156. The Labute approximate surface area is 97.9 Å².